The van der Waals surface area contributed by atoms with Crippen molar-refractivity contribution in [2.75, 3.05) is 25.5 Å². The van der Waals surface area contributed by atoms with Crippen molar-refractivity contribution >= 4 is 11.7 Å². The van der Waals surface area contributed by atoms with Crippen LogP contribution in [0.25, 0.3) is 0 Å². The molecule has 0 saturated carbocycles. The van der Waals surface area contributed by atoms with Gasteiger partial charge >= 0.3 is 0 Å². The molecule has 20 heavy (non-hydrogen) atoms. The summed E-state index contributed by atoms with van der Waals surface area (Å²) in [4.78, 5) is 21.7. The first kappa shape index (κ1) is 14.6. The van der Waals surface area contributed by atoms with Crippen LogP contribution in [0, 0.1) is 5.92 Å². The largest absolute Gasteiger partial charge is 0.476 e. The van der Waals surface area contributed by atoms with Gasteiger partial charge < -0.3 is 15.0 Å². The maximum atomic E-state index is 11.4. The van der Waals surface area contributed by atoms with Crippen molar-refractivity contribution in [1.29, 1.82) is 0 Å². The number of amides is 1. The summed E-state index contributed by atoms with van der Waals surface area (Å²) in [6.07, 6.45) is 4.69. The molecule has 0 radical (unpaired) electrons. The molecule has 1 atom stereocenters. The van der Waals surface area contributed by atoms with Crippen molar-refractivity contribution in [3.05, 3.63) is 12.4 Å². The van der Waals surface area contributed by atoms with Crippen molar-refractivity contribution in [2.24, 2.45) is 5.92 Å². The molecule has 0 spiro atoms. The number of likely N-dealkylation sites (N-methyl/N-ethyl adjacent to an activating group) is 1. The Labute approximate surface area is 119 Å². The Morgan fingerprint density at radius 3 is 3.00 bits per heavy atom. The summed E-state index contributed by atoms with van der Waals surface area (Å²) >= 11 is 0. The van der Waals surface area contributed by atoms with Crippen LogP contribution in [0.3, 0.4) is 0 Å². The van der Waals surface area contributed by atoms with Crippen LogP contribution in [0.5, 0.6) is 5.88 Å². The fourth-order valence-corrected chi connectivity index (χ4v) is 2.08. The minimum Gasteiger partial charge on any atom is -0.476 e. The fourth-order valence-electron chi connectivity index (χ4n) is 2.08. The molecule has 110 valence electrons. The lowest BCUT2D eigenvalue weighted by atomic mass is 10.1. The third kappa shape index (κ3) is 4.08. The van der Waals surface area contributed by atoms with Gasteiger partial charge in [-0.2, -0.15) is 4.98 Å². The molecular formula is C14H22N4O2. The highest BCUT2D eigenvalue weighted by atomic mass is 16.5. The Morgan fingerprint density at radius 2 is 2.30 bits per heavy atom. The van der Waals surface area contributed by atoms with E-state index in [4.69, 9.17) is 4.74 Å². The molecule has 6 heteroatoms. The zero-order valence-corrected chi connectivity index (χ0v) is 12.3. The molecule has 0 aliphatic carbocycles. The topological polar surface area (TPSA) is 67.3 Å². The predicted octanol–water partition coefficient (Wildman–Crippen LogP) is 1.54. The van der Waals surface area contributed by atoms with Gasteiger partial charge in [-0.25, -0.2) is 0 Å². The van der Waals surface area contributed by atoms with Crippen LogP contribution in [0.4, 0.5) is 5.82 Å². The van der Waals surface area contributed by atoms with Gasteiger partial charge in [-0.05, 0) is 12.3 Å². The van der Waals surface area contributed by atoms with Gasteiger partial charge in [-0.1, -0.05) is 13.8 Å². The van der Waals surface area contributed by atoms with Crippen molar-refractivity contribution in [2.45, 2.75) is 32.7 Å². The number of piperidine rings is 1. The number of likely N-dealkylation sites (tertiary alicyclic amines) is 1. The summed E-state index contributed by atoms with van der Waals surface area (Å²) in [5, 5.41) is 3.31. The number of aromatic nitrogens is 2. The maximum Gasteiger partial charge on any atom is 0.234 e. The molecule has 2 heterocycles. The number of ether oxygens (including phenoxy) is 1. The van der Waals surface area contributed by atoms with E-state index in [2.05, 4.69) is 29.1 Å². The van der Waals surface area contributed by atoms with Gasteiger partial charge in [-0.15, -0.1) is 0 Å². The van der Waals surface area contributed by atoms with Gasteiger partial charge in [0.25, 0.3) is 0 Å². The number of carbonyl (C=O) groups is 1. The van der Waals surface area contributed by atoms with Gasteiger partial charge in [0.2, 0.25) is 11.8 Å². The highest BCUT2D eigenvalue weighted by molar-refractivity contribution is 5.76. The Balaban J connectivity index is 1.92. The third-order valence-electron chi connectivity index (χ3n) is 3.16. The summed E-state index contributed by atoms with van der Waals surface area (Å²) in [6.45, 7) is 5.49. The first-order chi connectivity index (χ1) is 9.54. The molecule has 1 amide bonds. The van der Waals surface area contributed by atoms with Crippen LogP contribution in [0.15, 0.2) is 12.4 Å². The first-order valence-electron chi connectivity index (χ1n) is 7.00. The number of carbonyl (C=O) groups excluding carboxylic acids is 1. The van der Waals surface area contributed by atoms with Crippen LogP contribution < -0.4 is 10.1 Å². The summed E-state index contributed by atoms with van der Waals surface area (Å²) < 4.78 is 5.56. The number of nitrogens with zero attached hydrogens (tertiary/aromatic N) is 3. The minimum atomic E-state index is 0.197. The number of rotatable bonds is 5. The number of hydrogen-bond donors (Lipinski definition) is 1. The smallest absolute Gasteiger partial charge is 0.234 e. The molecule has 0 unspecified atom stereocenters. The Hall–Kier alpha value is -1.85. The normalized spacial score (nSPS) is 19.3. The first-order valence-corrected chi connectivity index (χ1v) is 7.00. The summed E-state index contributed by atoms with van der Waals surface area (Å²) in [7, 11) is 1.82. The molecule has 1 aliphatic rings. The fraction of sp³-hybridized carbons (Fsp3) is 0.643. The van der Waals surface area contributed by atoms with Crippen molar-refractivity contribution in [1.82, 2.24) is 14.9 Å². The molecule has 1 aromatic heterocycles. The molecule has 0 aromatic carbocycles. The highest BCUT2D eigenvalue weighted by Gasteiger charge is 2.22. The molecule has 1 aromatic rings. The number of nitrogens with one attached hydrogen (secondary N) is 1. The Bertz CT molecular complexity index is 464. The Kier molecular flexibility index (Phi) is 4.76. The molecule has 1 fully saturated rings. The minimum absolute atomic E-state index is 0.197. The van der Waals surface area contributed by atoms with Crippen molar-refractivity contribution < 1.29 is 9.53 Å². The third-order valence-corrected chi connectivity index (χ3v) is 3.16. The van der Waals surface area contributed by atoms with Crippen LogP contribution in [0.1, 0.15) is 26.7 Å². The second-order valence-electron chi connectivity index (χ2n) is 5.60. The van der Waals surface area contributed by atoms with Crippen LogP contribution in [0.2, 0.25) is 0 Å². The zero-order chi connectivity index (χ0) is 14.5. The van der Waals surface area contributed by atoms with Crippen molar-refractivity contribution in [3.63, 3.8) is 0 Å². The van der Waals surface area contributed by atoms with E-state index >= 15 is 0 Å². The molecule has 1 N–H and O–H groups in total. The second-order valence-corrected chi connectivity index (χ2v) is 5.60. The summed E-state index contributed by atoms with van der Waals surface area (Å²) in [5.74, 6) is 1.87. The van der Waals surface area contributed by atoms with Gasteiger partial charge in [-0.3, -0.25) is 9.78 Å². The average Bonchev–Trinajstić information content (AvgIpc) is 2.41. The van der Waals surface area contributed by atoms with Gasteiger partial charge in [0.15, 0.2) is 0 Å². The molecule has 1 aliphatic heterocycles. The van der Waals surface area contributed by atoms with Crippen LogP contribution in [-0.2, 0) is 4.79 Å². The summed E-state index contributed by atoms with van der Waals surface area (Å²) in [5.41, 5.74) is 0. The van der Waals surface area contributed by atoms with Crippen molar-refractivity contribution in [3.8, 4) is 5.88 Å². The monoisotopic (exact) mass is 278 g/mol. The van der Waals surface area contributed by atoms with Gasteiger partial charge in [0.05, 0.1) is 19.0 Å². The quantitative estimate of drug-likeness (QED) is 0.885. The number of hydrogen-bond acceptors (Lipinski definition) is 5. The molecule has 6 nitrogen and oxygen atoms in total. The lowest BCUT2D eigenvalue weighted by molar-refractivity contribution is -0.132. The average molecular weight is 278 g/mol. The highest BCUT2D eigenvalue weighted by Crippen LogP contribution is 2.16. The second kappa shape index (κ2) is 6.54. The molecule has 2 rings (SSSR count). The number of anilines is 1. The molecule has 1 saturated heterocycles. The molecular weight excluding hydrogens is 256 g/mol. The van der Waals surface area contributed by atoms with E-state index in [1.54, 1.807) is 17.3 Å². The van der Waals surface area contributed by atoms with Gasteiger partial charge in [0, 0.05) is 26.1 Å². The van der Waals surface area contributed by atoms with E-state index in [0.29, 0.717) is 37.2 Å². The van der Waals surface area contributed by atoms with Crippen LogP contribution >= 0.6 is 0 Å². The predicted molar refractivity (Wildman–Crippen MR) is 76.6 cm³/mol. The zero-order valence-electron chi connectivity index (χ0n) is 12.3. The van der Waals surface area contributed by atoms with Gasteiger partial charge in [0.1, 0.15) is 5.82 Å². The SMILES string of the molecule is CC(C)COc1cncc(N[C@H]2CCC(=O)N(C)C2)n1. The van der Waals surface area contributed by atoms with E-state index in [0.717, 1.165) is 6.42 Å². The van der Waals surface area contributed by atoms with E-state index in [1.165, 1.54) is 0 Å². The van der Waals surface area contributed by atoms with E-state index in [9.17, 15) is 4.79 Å². The van der Waals surface area contributed by atoms with E-state index in [1.807, 2.05) is 7.05 Å². The summed E-state index contributed by atoms with van der Waals surface area (Å²) in [6, 6.07) is 0.215. The standard InChI is InChI=1S/C14H22N4O2/c1-10(2)9-20-13-7-15-6-12(17-13)16-11-4-5-14(19)18(3)8-11/h6-7,10-11H,4-5,8-9H2,1-3H3,(H,16,17)/t11-/m0/s1. The lowest BCUT2D eigenvalue weighted by Crippen LogP contribution is -2.43. The van der Waals surface area contributed by atoms with E-state index in [-0.39, 0.29) is 11.9 Å². The maximum absolute atomic E-state index is 11.4. The van der Waals surface area contributed by atoms with Crippen LogP contribution in [-0.4, -0.2) is 47.0 Å². The van der Waals surface area contributed by atoms with E-state index < -0.39 is 0 Å². The lowest BCUT2D eigenvalue weighted by Gasteiger charge is -2.30. The molecule has 0 bridgehead atoms. The Morgan fingerprint density at radius 1 is 1.50 bits per heavy atom.